The molecule has 2 atom stereocenters. The highest BCUT2D eigenvalue weighted by molar-refractivity contribution is 7.07. The van der Waals surface area contributed by atoms with Crippen LogP contribution in [0.25, 0.3) is 0 Å². The summed E-state index contributed by atoms with van der Waals surface area (Å²) in [5.41, 5.74) is 1.47. The van der Waals surface area contributed by atoms with E-state index in [1.54, 1.807) is 11.3 Å². The van der Waals surface area contributed by atoms with Crippen LogP contribution in [0.2, 0.25) is 0 Å². The molecule has 3 heterocycles. The van der Waals surface area contributed by atoms with E-state index in [2.05, 4.69) is 38.9 Å². The average molecular weight is 308 g/mol. The molecule has 1 aromatic rings. The van der Waals surface area contributed by atoms with Gasteiger partial charge < -0.3 is 5.32 Å². The molecular weight excluding hydrogens is 278 g/mol. The lowest BCUT2D eigenvalue weighted by Crippen LogP contribution is -2.59. The molecule has 3 nitrogen and oxygen atoms in total. The molecule has 0 bridgehead atoms. The Hall–Kier alpha value is -0.420. The molecule has 4 heteroatoms. The minimum Gasteiger partial charge on any atom is -0.315 e. The van der Waals surface area contributed by atoms with Crippen molar-refractivity contribution in [2.24, 2.45) is 0 Å². The van der Waals surface area contributed by atoms with Crippen LogP contribution in [0.1, 0.15) is 31.7 Å². The minimum atomic E-state index is 0.720. The van der Waals surface area contributed by atoms with Crippen molar-refractivity contribution in [3.63, 3.8) is 0 Å². The Balaban J connectivity index is 1.34. The van der Waals surface area contributed by atoms with E-state index >= 15 is 0 Å². The van der Waals surface area contributed by atoms with E-state index < -0.39 is 0 Å². The van der Waals surface area contributed by atoms with E-state index in [0.29, 0.717) is 0 Å². The minimum absolute atomic E-state index is 0.720. The van der Waals surface area contributed by atoms with Crippen molar-refractivity contribution in [2.75, 3.05) is 39.3 Å². The number of hydrogen-bond acceptors (Lipinski definition) is 4. The lowest BCUT2D eigenvalue weighted by Gasteiger charge is -2.47. The molecule has 0 spiro atoms. The van der Waals surface area contributed by atoms with Gasteiger partial charge in [-0.15, -0.1) is 0 Å². The van der Waals surface area contributed by atoms with Gasteiger partial charge in [0, 0.05) is 38.3 Å². The first-order chi connectivity index (χ1) is 10.3. The molecule has 2 fully saturated rings. The van der Waals surface area contributed by atoms with Gasteiger partial charge in [-0.2, -0.15) is 11.3 Å². The van der Waals surface area contributed by atoms with Crippen molar-refractivity contribution in [1.29, 1.82) is 0 Å². The van der Waals surface area contributed by atoms with Crippen LogP contribution in [0.4, 0.5) is 0 Å². The van der Waals surface area contributed by atoms with Gasteiger partial charge in [0.1, 0.15) is 0 Å². The van der Waals surface area contributed by atoms with Crippen LogP contribution in [0.5, 0.6) is 0 Å². The Kier molecular flexibility index (Phi) is 5.69. The Labute approximate surface area is 133 Å². The second kappa shape index (κ2) is 7.73. The fourth-order valence-electron chi connectivity index (χ4n) is 3.74. The van der Waals surface area contributed by atoms with Gasteiger partial charge in [-0.05, 0) is 61.7 Å². The standard InChI is InChI=1S/C17H29N3S/c1-15-12-20-9-3-2-4-17(20)13-19(15)10-8-18-7-5-16-6-11-21-14-16/h6,11,14-15,17-18H,2-5,7-10,12-13H2,1H3. The second-order valence-corrected chi connectivity index (χ2v) is 7.40. The first kappa shape index (κ1) is 15.5. The van der Waals surface area contributed by atoms with Crippen molar-refractivity contribution in [2.45, 2.75) is 44.7 Å². The first-order valence-electron chi connectivity index (χ1n) is 8.53. The third kappa shape index (κ3) is 4.28. The molecule has 2 unspecified atom stereocenters. The molecule has 2 aliphatic rings. The van der Waals surface area contributed by atoms with Crippen LogP contribution >= 0.6 is 11.3 Å². The molecule has 2 saturated heterocycles. The summed E-state index contributed by atoms with van der Waals surface area (Å²) >= 11 is 1.80. The van der Waals surface area contributed by atoms with Crippen LogP contribution in [-0.2, 0) is 6.42 Å². The zero-order valence-electron chi connectivity index (χ0n) is 13.3. The van der Waals surface area contributed by atoms with Crippen molar-refractivity contribution in [3.8, 4) is 0 Å². The zero-order valence-corrected chi connectivity index (χ0v) is 14.1. The predicted molar refractivity (Wildman–Crippen MR) is 91.1 cm³/mol. The smallest absolute Gasteiger partial charge is 0.0223 e. The van der Waals surface area contributed by atoms with Crippen LogP contribution < -0.4 is 5.32 Å². The van der Waals surface area contributed by atoms with Gasteiger partial charge in [0.15, 0.2) is 0 Å². The Bertz CT molecular complexity index is 406. The molecule has 1 N–H and O–H groups in total. The third-order valence-electron chi connectivity index (χ3n) is 5.06. The molecule has 118 valence electrons. The molecule has 0 aromatic carbocycles. The van der Waals surface area contributed by atoms with E-state index in [1.165, 1.54) is 51.0 Å². The highest BCUT2D eigenvalue weighted by Gasteiger charge is 2.32. The summed E-state index contributed by atoms with van der Waals surface area (Å²) in [7, 11) is 0. The highest BCUT2D eigenvalue weighted by Crippen LogP contribution is 2.23. The number of rotatable bonds is 6. The molecule has 0 radical (unpaired) electrons. The third-order valence-corrected chi connectivity index (χ3v) is 5.79. The molecule has 1 aromatic heterocycles. The monoisotopic (exact) mass is 307 g/mol. The maximum atomic E-state index is 3.61. The summed E-state index contributed by atoms with van der Waals surface area (Å²) < 4.78 is 0. The van der Waals surface area contributed by atoms with Gasteiger partial charge in [-0.1, -0.05) is 6.42 Å². The van der Waals surface area contributed by atoms with Crippen LogP contribution in [0, 0.1) is 0 Å². The topological polar surface area (TPSA) is 18.5 Å². The molecule has 21 heavy (non-hydrogen) atoms. The largest absolute Gasteiger partial charge is 0.315 e. The maximum absolute atomic E-state index is 3.61. The Morgan fingerprint density at radius 3 is 3.10 bits per heavy atom. The van der Waals surface area contributed by atoms with Gasteiger partial charge in [0.25, 0.3) is 0 Å². The number of hydrogen-bond donors (Lipinski definition) is 1. The molecule has 0 aliphatic carbocycles. The van der Waals surface area contributed by atoms with Gasteiger partial charge in [-0.25, -0.2) is 0 Å². The van der Waals surface area contributed by atoms with E-state index in [4.69, 9.17) is 0 Å². The SMILES string of the molecule is CC1CN2CCCCC2CN1CCNCCc1ccsc1. The molecule has 3 rings (SSSR count). The number of piperidine rings is 1. The Morgan fingerprint density at radius 1 is 1.29 bits per heavy atom. The lowest BCUT2D eigenvalue weighted by atomic mass is 9.97. The summed E-state index contributed by atoms with van der Waals surface area (Å²) in [6.45, 7) is 9.73. The van der Waals surface area contributed by atoms with Crippen molar-refractivity contribution in [1.82, 2.24) is 15.1 Å². The van der Waals surface area contributed by atoms with E-state index in [1.807, 2.05) is 0 Å². The quantitative estimate of drug-likeness (QED) is 0.815. The Morgan fingerprint density at radius 2 is 2.24 bits per heavy atom. The van der Waals surface area contributed by atoms with Crippen molar-refractivity contribution < 1.29 is 0 Å². The summed E-state index contributed by atoms with van der Waals surface area (Å²) in [5.74, 6) is 0. The summed E-state index contributed by atoms with van der Waals surface area (Å²) in [6.07, 6.45) is 5.42. The molecular formula is C17H29N3S. The van der Waals surface area contributed by atoms with Crippen LogP contribution in [0.15, 0.2) is 16.8 Å². The normalized spacial score (nSPS) is 27.7. The van der Waals surface area contributed by atoms with Crippen LogP contribution in [0.3, 0.4) is 0 Å². The van der Waals surface area contributed by atoms with Gasteiger partial charge in [-0.3, -0.25) is 9.80 Å². The molecule has 0 amide bonds. The summed E-state index contributed by atoms with van der Waals surface area (Å²) in [6, 6.07) is 3.79. The van der Waals surface area contributed by atoms with Crippen LogP contribution in [-0.4, -0.2) is 61.2 Å². The van der Waals surface area contributed by atoms with Crippen molar-refractivity contribution >= 4 is 11.3 Å². The van der Waals surface area contributed by atoms with Crippen molar-refractivity contribution in [3.05, 3.63) is 22.4 Å². The molecule has 2 aliphatic heterocycles. The predicted octanol–water partition coefficient (Wildman–Crippen LogP) is 2.44. The van der Waals surface area contributed by atoms with E-state index in [9.17, 15) is 0 Å². The van der Waals surface area contributed by atoms with Gasteiger partial charge in [0.2, 0.25) is 0 Å². The highest BCUT2D eigenvalue weighted by atomic mass is 32.1. The first-order valence-corrected chi connectivity index (χ1v) is 9.47. The number of thiophene rings is 1. The summed E-state index contributed by atoms with van der Waals surface area (Å²) in [4.78, 5) is 5.43. The second-order valence-electron chi connectivity index (χ2n) is 6.62. The lowest BCUT2D eigenvalue weighted by molar-refractivity contribution is 0.0161. The summed E-state index contributed by atoms with van der Waals surface area (Å²) in [5, 5.41) is 8.04. The van der Waals surface area contributed by atoms with E-state index in [-0.39, 0.29) is 0 Å². The van der Waals surface area contributed by atoms with Gasteiger partial charge in [0.05, 0.1) is 0 Å². The fourth-order valence-corrected chi connectivity index (χ4v) is 4.44. The average Bonchev–Trinajstić information content (AvgIpc) is 3.00. The number of fused-ring (bicyclic) bond motifs is 1. The number of nitrogens with zero attached hydrogens (tertiary/aromatic N) is 2. The van der Waals surface area contributed by atoms with E-state index in [0.717, 1.165) is 31.6 Å². The zero-order chi connectivity index (χ0) is 14.5. The van der Waals surface area contributed by atoms with Gasteiger partial charge >= 0.3 is 0 Å². The number of piperazine rings is 1. The fraction of sp³-hybridized carbons (Fsp3) is 0.765. The number of nitrogens with one attached hydrogen (secondary N) is 1. The maximum Gasteiger partial charge on any atom is 0.0223 e. The molecule has 0 saturated carbocycles.